The van der Waals surface area contributed by atoms with Gasteiger partial charge in [-0.1, -0.05) is 6.58 Å². The first-order valence-electron chi connectivity index (χ1n) is 1.58. The van der Waals surface area contributed by atoms with Crippen LogP contribution in [0.4, 0.5) is 0 Å². The van der Waals surface area contributed by atoms with E-state index >= 15 is 0 Å². The zero-order chi connectivity index (χ0) is 4.83. The Kier molecular flexibility index (Phi) is 13.9. The van der Waals surface area contributed by atoms with Gasteiger partial charge in [0.15, 0.2) is 6.29 Å². The molecule has 0 aliphatic rings. The average Bonchev–Trinajstić information content (AvgIpc) is 1.61. The number of carbonyl (C=O) groups is 1. The van der Waals surface area contributed by atoms with Crippen molar-refractivity contribution < 1.29 is 9.53 Å². The van der Waals surface area contributed by atoms with E-state index in [1.807, 2.05) is 0 Å². The first-order valence-corrected chi connectivity index (χ1v) is 1.58. The monoisotopic (exact) mass is 110 g/mol. The van der Waals surface area contributed by atoms with Gasteiger partial charge in [0.1, 0.15) is 6.61 Å². The molecular weight excluding hydrogens is 103 g/mol. The second kappa shape index (κ2) is 9.51. The van der Waals surface area contributed by atoms with E-state index in [-0.39, 0.29) is 36.2 Å². The molecule has 0 aromatic rings. The molecule has 0 unspecified atom stereocenters. The van der Waals surface area contributed by atoms with E-state index in [2.05, 4.69) is 11.3 Å². The quantitative estimate of drug-likeness (QED) is 0.216. The number of aldehydes is 1. The number of carbonyl (C=O) groups excluding carboxylic acids is 1. The number of rotatable bonds is 3. The second-order valence-electron chi connectivity index (χ2n) is 0.667. The standard InChI is InChI=1S/C4H6O2.Na.H/c1-2-6-4-3-5;;/h2-3H,1,4H2;;. The summed E-state index contributed by atoms with van der Waals surface area (Å²) in [4.78, 5) is 9.39. The molecule has 0 N–H and O–H groups in total. The molecule has 0 fully saturated rings. The molecule has 0 bridgehead atoms. The molecule has 0 heterocycles. The molecule has 0 radical (unpaired) electrons. The van der Waals surface area contributed by atoms with E-state index in [1.54, 1.807) is 0 Å². The molecule has 0 aliphatic heterocycles. The van der Waals surface area contributed by atoms with Crippen LogP contribution in [0.2, 0.25) is 0 Å². The Balaban J connectivity index is 0. The van der Waals surface area contributed by atoms with Gasteiger partial charge in [-0.15, -0.1) is 0 Å². The Labute approximate surface area is 64.8 Å². The summed E-state index contributed by atoms with van der Waals surface area (Å²) in [6, 6.07) is 0. The van der Waals surface area contributed by atoms with Crippen LogP contribution >= 0.6 is 0 Å². The van der Waals surface area contributed by atoms with Crippen LogP contribution in [0.25, 0.3) is 0 Å². The zero-order valence-corrected chi connectivity index (χ0v) is 3.39. The van der Waals surface area contributed by atoms with Crippen molar-refractivity contribution in [3.63, 3.8) is 0 Å². The normalized spacial score (nSPS) is 5.71. The maximum absolute atomic E-state index is 9.39. The van der Waals surface area contributed by atoms with E-state index in [9.17, 15) is 4.79 Å². The number of hydrogen-bond acceptors (Lipinski definition) is 2. The van der Waals surface area contributed by atoms with E-state index in [0.29, 0.717) is 6.29 Å². The number of ether oxygens (including phenoxy) is 1. The predicted molar refractivity (Wildman–Crippen MR) is 29.4 cm³/mol. The third kappa shape index (κ3) is 10.7. The average molecular weight is 110 g/mol. The summed E-state index contributed by atoms with van der Waals surface area (Å²) in [5.74, 6) is 0. The second-order valence-corrected chi connectivity index (χ2v) is 0.667. The van der Waals surface area contributed by atoms with Crippen LogP contribution in [0, 0.1) is 0 Å². The van der Waals surface area contributed by atoms with E-state index < -0.39 is 0 Å². The SMILES string of the molecule is C=COCC=O.[NaH]. The van der Waals surface area contributed by atoms with Gasteiger partial charge >= 0.3 is 29.6 Å². The predicted octanol–water partition coefficient (Wildman–Crippen LogP) is -0.303. The Morgan fingerprint density at radius 1 is 1.71 bits per heavy atom. The third-order valence-electron chi connectivity index (χ3n) is 0.282. The van der Waals surface area contributed by atoms with Gasteiger partial charge in [0.05, 0.1) is 6.26 Å². The van der Waals surface area contributed by atoms with Gasteiger partial charge in [-0.05, 0) is 0 Å². The summed E-state index contributed by atoms with van der Waals surface area (Å²) >= 11 is 0. The van der Waals surface area contributed by atoms with Gasteiger partial charge in [-0.2, -0.15) is 0 Å². The molecule has 0 spiro atoms. The summed E-state index contributed by atoms with van der Waals surface area (Å²) in [5, 5.41) is 0. The summed E-state index contributed by atoms with van der Waals surface area (Å²) in [6.07, 6.45) is 1.90. The zero-order valence-electron chi connectivity index (χ0n) is 3.39. The fourth-order valence-corrected chi connectivity index (χ4v) is 0.107. The maximum atomic E-state index is 9.39. The van der Waals surface area contributed by atoms with Gasteiger partial charge in [0.2, 0.25) is 0 Å². The molecule has 0 rings (SSSR count). The van der Waals surface area contributed by atoms with Gasteiger partial charge in [-0.3, -0.25) is 4.79 Å². The van der Waals surface area contributed by atoms with Crippen LogP contribution in [0.1, 0.15) is 0 Å². The van der Waals surface area contributed by atoms with Gasteiger partial charge in [-0.25, -0.2) is 0 Å². The Hall–Kier alpha value is 0.210. The van der Waals surface area contributed by atoms with Gasteiger partial charge in [0, 0.05) is 0 Å². The van der Waals surface area contributed by atoms with E-state index in [1.165, 1.54) is 6.26 Å². The first kappa shape index (κ1) is 10.2. The molecule has 0 aliphatic carbocycles. The van der Waals surface area contributed by atoms with Crippen LogP contribution in [0.5, 0.6) is 0 Å². The molecule has 0 atom stereocenters. The fourth-order valence-electron chi connectivity index (χ4n) is 0.107. The summed E-state index contributed by atoms with van der Waals surface area (Å²) in [7, 11) is 0. The van der Waals surface area contributed by atoms with Crippen LogP contribution in [0.15, 0.2) is 12.8 Å². The minimum absolute atomic E-state index is 0. The first-order chi connectivity index (χ1) is 2.91. The molecule has 36 valence electrons. The van der Waals surface area contributed by atoms with E-state index in [0.717, 1.165) is 0 Å². The third-order valence-corrected chi connectivity index (χ3v) is 0.282. The van der Waals surface area contributed by atoms with Crippen molar-refractivity contribution in [3.05, 3.63) is 12.8 Å². The number of hydrogen-bond donors (Lipinski definition) is 0. The van der Waals surface area contributed by atoms with Crippen LogP contribution in [-0.2, 0) is 9.53 Å². The van der Waals surface area contributed by atoms with Crippen LogP contribution < -0.4 is 0 Å². The van der Waals surface area contributed by atoms with Crippen LogP contribution in [0.3, 0.4) is 0 Å². The topological polar surface area (TPSA) is 26.3 Å². The van der Waals surface area contributed by atoms with Crippen molar-refractivity contribution in [2.75, 3.05) is 6.61 Å². The van der Waals surface area contributed by atoms with Crippen molar-refractivity contribution in [1.82, 2.24) is 0 Å². The molecule has 0 saturated carbocycles. The molecule has 0 amide bonds. The summed E-state index contributed by atoms with van der Waals surface area (Å²) in [6.45, 7) is 3.33. The van der Waals surface area contributed by atoms with Crippen molar-refractivity contribution in [2.45, 2.75) is 0 Å². The fraction of sp³-hybridized carbons (Fsp3) is 0.250. The Morgan fingerprint density at radius 2 is 2.29 bits per heavy atom. The van der Waals surface area contributed by atoms with Crippen molar-refractivity contribution >= 4 is 35.8 Å². The van der Waals surface area contributed by atoms with Crippen molar-refractivity contribution in [2.24, 2.45) is 0 Å². The molecule has 2 nitrogen and oxygen atoms in total. The summed E-state index contributed by atoms with van der Waals surface area (Å²) < 4.78 is 4.38. The van der Waals surface area contributed by atoms with Gasteiger partial charge < -0.3 is 4.74 Å². The summed E-state index contributed by atoms with van der Waals surface area (Å²) in [5.41, 5.74) is 0. The molecular formula is C4H7NaO2. The molecule has 0 saturated heterocycles. The molecule has 3 heteroatoms. The van der Waals surface area contributed by atoms with Gasteiger partial charge in [0.25, 0.3) is 0 Å². The molecule has 0 aromatic heterocycles. The Bertz CT molecular complexity index is 45.7. The van der Waals surface area contributed by atoms with Crippen molar-refractivity contribution in [1.29, 1.82) is 0 Å². The molecule has 0 aromatic carbocycles. The minimum atomic E-state index is 0. The van der Waals surface area contributed by atoms with Crippen LogP contribution in [-0.4, -0.2) is 42.5 Å². The molecule has 7 heavy (non-hydrogen) atoms. The van der Waals surface area contributed by atoms with E-state index in [4.69, 9.17) is 0 Å². The van der Waals surface area contributed by atoms with Crippen molar-refractivity contribution in [3.8, 4) is 0 Å². The Morgan fingerprint density at radius 3 is 2.43 bits per heavy atom.